The molecule has 13 nitrogen and oxygen atoms in total. The molecule has 0 aliphatic rings. The lowest BCUT2D eigenvalue weighted by atomic mass is 9.93. The van der Waals surface area contributed by atoms with Gasteiger partial charge in [0, 0.05) is 37.1 Å². The Labute approximate surface area is 215 Å². The molecule has 2 aromatic carbocycles. The van der Waals surface area contributed by atoms with Crippen LogP contribution in [0.2, 0.25) is 0 Å². The lowest BCUT2D eigenvalue weighted by Crippen LogP contribution is -2.40. The zero-order chi connectivity index (χ0) is 27.6. The third-order valence-electron chi connectivity index (χ3n) is 5.25. The van der Waals surface area contributed by atoms with E-state index in [1.54, 1.807) is 18.2 Å². The van der Waals surface area contributed by atoms with Crippen molar-refractivity contribution >= 4 is 44.6 Å². The Morgan fingerprint density at radius 3 is 2.35 bits per heavy atom. The molecule has 0 amide bonds. The molecule has 0 radical (unpaired) electrons. The SMILES string of the molecule is CN(C)c1cccc2c(S(=O)(=O)NCCOC(=O)OCC(C)(CO)C(=O)OCCNC(=N)N)cccc12. The highest BCUT2D eigenvalue weighted by atomic mass is 32.2. The number of nitrogens with one attached hydrogen (secondary N) is 3. The highest BCUT2D eigenvalue weighted by Gasteiger charge is 2.36. The van der Waals surface area contributed by atoms with Gasteiger partial charge in [-0.25, -0.2) is 17.9 Å². The molecule has 0 aliphatic heterocycles. The summed E-state index contributed by atoms with van der Waals surface area (Å²) in [7, 11) is -0.184. The lowest BCUT2D eigenvalue weighted by Gasteiger charge is -2.24. The highest BCUT2D eigenvalue weighted by molar-refractivity contribution is 7.89. The first-order chi connectivity index (χ1) is 17.4. The molecule has 6 N–H and O–H groups in total. The standard InChI is InChI=1S/C23H33N5O8S/c1-23(14-29,20(30)34-12-10-26-21(24)25)15-36-22(31)35-13-11-27-37(32,33)19-9-5-6-16-17(19)7-4-8-18(16)28(2)3/h4-9,27,29H,10-15H2,1-3H3,(H4,24,25,26). The van der Waals surface area contributed by atoms with Gasteiger partial charge in [-0.1, -0.05) is 24.3 Å². The summed E-state index contributed by atoms with van der Waals surface area (Å²) < 4.78 is 42.9. The van der Waals surface area contributed by atoms with Gasteiger partial charge in [0.2, 0.25) is 10.0 Å². The lowest BCUT2D eigenvalue weighted by molar-refractivity contribution is -0.160. The third-order valence-corrected chi connectivity index (χ3v) is 6.76. The molecule has 0 spiro atoms. The fourth-order valence-electron chi connectivity index (χ4n) is 3.21. The van der Waals surface area contributed by atoms with Crippen molar-refractivity contribution in [1.82, 2.24) is 10.0 Å². The van der Waals surface area contributed by atoms with E-state index >= 15 is 0 Å². The summed E-state index contributed by atoms with van der Waals surface area (Å²) in [5, 5.41) is 20.4. The molecule has 2 aromatic rings. The Bertz CT molecular complexity index is 1220. The number of nitrogens with two attached hydrogens (primary N) is 1. The molecule has 1 atom stereocenters. The van der Waals surface area contributed by atoms with Crippen molar-refractivity contribution in [1.29, 1.82) is 5.41 Å². The average molecular weight is 540 g/mol. The zero-order valence-electron chi connectivity index (χ0n) is 20.9. The molecule has 204 valence electrons. The first kappa shape index (κ1) is 29.6. The molecule has 0 heterocycles. The minimum Gasteiger partial charge on any atom is -0.463 e. The number of anilines is 1. The number of benzene rings is 2. The highest BCUT2D eigenvalue weighted by Crippen LogP contribution is 2.30. The second kappa shape index (κ2) is 13.1. The number of ether oxygens (including phenoxy) is 3. The molecular weight excluding hydrogens is 506 g/mol. The average Bonchev–Trinajstić information content (AvgIpc) is 2.86. The second-order valence-corrected chi connectivity index (χ2v) is 10.2. The smallest absolute Gasteiger partial charge is 0.463 e. The summed E-state index contributed by atoms with van der Waals surface area (Å²) in [5.74, 6) is -1.11. The van der Waals surface area contributed by atoms with Crippen LogP contribution >= 0.6 is 0 Å². The van der Waals surface area contributed by atoms with Crippen LogP contribution in [0.3, 0.4) is 0 Å². The number of aliphatic hydroxyl groups excluding tert-OH is 1. The van der Waals surface area contributed by atoms with Crippen LogP contribution in [0.4, 0.5) is 10.5 Å². The van der Waals surface area contributed by atoms with E-state index in [0.29, 0.717) is 5.39 Å². The van der Waals surface area contributed by atoms with E-state index in [1.165, 1.54) is 13.0 Å². The van der Waals surface area contributed by atoms with Crippen LogP contribution in [-0.2, 0) is 29.0 Å². The summed E-state index contributed by atoms with van der Waals surface area (Å²) in [6.07, 6.45) is -1.15. The molecule has 0 aromatic heterocycles. The maximum absolute atomic E-state index is 12.9. The fraction of sp³-hybridized carbons (Fsp3) is 0.435. The van der Waals surface area contributed by atoms with Crippen LogP contribution in [0, 0.1) is 10.8 Å². The number of rotatable bonds is 13. The topological polar surface area (TPSA) is 193 Å². The van der Waals surface area contributed by atoms with Gasteiger partial charge in [0.25, 0.3) is 0 Å². The Kier molecular flexibility index (Phi) is 10.5. The maximum Gasteiger partial charge on any atom is 0.508 e. The largest absolute Gasteiger partial charge is 0.508 e. The molecule has 0 saturated heterocycles. The third kappa shape index (κ3) is 8.20. The van der Waals surface area contributed by atoms with Gasteiger partial charge in [-0.05, 0) is 19.1 Å². The van der Waals surface area contributed by atoms with E-state index in [1.807, 2.05) is 31.1 Å². The van der Waals surface area contributed by atoms with Gasteiger partial charge in [-0.3, -0.25) is 10.2 Å². The van der Waals surface area contributed by atoms with Crippen LogP contribution in [-0.4, -0.2) is 85.2 Å². The minimum atomic E-state index is -3.92. The van der Waals surface area contributed by atoms with Gasteiger partial charge in [0.1, 0.15) is 25.2 Å². The molecular formula is C23H33N5O8S. The van der Waals surface area contributed by atoms with Gasteiger partial charge in [-0.2, -0.15) is 0 Å². The molecule has 2 rings (SSSR count). The number of carbonyl (C=O) groups excluding carboxylic acids is 2. The number of sulfonamides is 1. The zero-order valence-corrected chi connectivity index (χ0v) is 21.8. The van der Waals surface area contributed by atoms with Crippen molar-refractivity contribution in [3.8, 4) is 0 Å². The number of aliphatic hydroxyl groups is 1. The Morgan fingerprint density at radius 2 is 1.70 bits per heavy atom. The van der Waals surface area contributed by atoms with Gasteiger partial charge >= 0.3 is 12.1 Å². The number of guanidine groups is 1. The van der Waals surface area contributed by atoms with E-state index in [9.17, 15) is 23.1 Å². The maximum atomic E-state index is 12.9. The van der Waals surface area contributed by atoms with Gasteiger partial charge < -0.3 is 35.3 Å². The number of fused-ring (bicyclic) bond motifs is 1. The number of hydrogen-bond acceptors (Lipinski definition) is 10. The van der Waals surface area contributed by atoms with Gasteiger partial charge in [0.15, 0.2) is 5.96 Å². The van der Waals surface area contributed by atoms with Crippen molar-refractivity contribution in [3.63, 3.8) is 0 Å². The van der Waals surface area contributed by atoms with E-state index in [4.69, 9.17) is 25.4 Å². The molecule has 0 fully saturated rings. The summed E-state index contributed by atoms with van der Waals surface area (Å²) in [4.78, 5) is 26.1. The van der Waals surface area contributed by atoms with Crippen LogP contribution in [0.1, 0.15) is 6.92 Å². The Hall–Kier alpha value is -3.62. The molecule has 37 heavy (non-hydrogen) atoms. The van der Waals surface area contributed by atoms with Crippen LogP contribution in [0.5, 0.6) is 0 Å². The predicted octanol–water partition coefficient (Wildman–Crippen LogP) is 0.362. The van der Waals surface area contributed by atoms with Gasteiger partial charge in [-0.15, -0.1) is 0 Å². The summed E-state index contributed by atoms with van der Waals surface area (Å²) in [5.41, 5.74) is 4.45. The quantitative estimate of drug-likeness (QED) is 0.102. The number of hydrogen-bond donors (Lipinski definition) is 5. The van der Waals surface area contributed by atoms with E-state index in [-0.39, 0.29) is 37.2 Å². The molecule has 14 heteroatoms. The molecule has 0 saturated carbocycles. The van der Waals surface area contributed by atoms with Crippen molar-refractivity contribution in [2.75, 3.05) is 58.5 Å². The van der Waals surface area contributed by atoms with E-state index in [2.05, 4.69) is 10.0 Å². The van der Waals surface area contributed by atoms with Crippen LogP contribution in [0.25, 0.3) is 10.8 Å². The first-order valence-corrected chi connectivity index (χ1v) is 12.7. The minimum absolute atomic E-state index is 0.0898. The first-order valence-electron chi connectivity index (χ1n) is 11.3. The number of carbonyl (C=O) groups is 2. The Balaban J connectivity index is 1.87. The van der Waals surface area contributed by atoms with Gasteiger partial charge in [0.05, 0.1) is 18.0 Å². The van der Waals surface area contributed by atoms with Crippen molar-refractivity contribution in [2.24, 2.45) is 11.1 Å². The second-order valence-electron chi connectivity index (χ2n) is 8.50. The van der Waals surface area contributed by atoms with E-state index in [0.717, 1.165) is 11.1 Å². The summed E-state index contributed by atoms with van der Waals surface area (Å²) >= 11 is 0. The molecule has 0 aliphatic carbocycles. The monoisotopic (exact) mass is 539 g/mol. The van der Waals surface area contributed by atoms with Crippen molar-refractivity contribution in [3.05, 3.63) is 36.4 Å². The van der Waals surface area contributed by atoms with Crippen LogP contribution in [0.15, 0.2) is 41.3 Å². The van der Waals surface area contributed by atoms with E-state index < -0.39 is 40.8 Å². The predicted molar refractivity (Wildman–Crippen MR) is 137 cm³/mol. The normalized spacial score (nSPS) is 12.9. The molecule has 0 bridgehead atoms. The summed E-state index contributed by atoms with van der Waals surface area (Å²) in [6, 6.07) is 10.4. The van der Waals surface area contributed by atoms with Crippen molar-refractivity contribution < 1.29 is 37.3 Å². The number of nitrogens with zero attached hydrogens (tertiary/aromatic N) is 1. The van der Waals surface area contributed by atoms with Crippen LogP contribution < -0.4 is 20.7 Å². The fourth-order valence-corrected chi connectivity index (χ4v) is 4.44. The molecule has 1 unspecified atom stereocenters. The van der Waals surface area contributed by atoms with Crippen molar-refractivity contribution in [2.45, 2.75) is 11.8 Å². The number of esters is 1. The summed E-state index contributed by atoms with van der Waals surface area (Å²) in [6.45, 7) is -0.437. The Morgan fingerprint density at radius 1 is 1.05 bits per heavy atom.